The highest BCUT2D eigenvalue weighted by Gasteiger charge is 2.13. The number of aryl methyl sites for hydroxylation is 1. The third-order valence-corrected chi connectivity index (χ3v) is 4.11. The lowest BCUT2D eigenvalue weighted by molar-refractivity contribution is -0.144. The minimum atomic E-state index is -0.354. The van der Waals surface area contributed by atoms with E-state index in [1.54, 1.807) is 12.5 Å². The Hall–Kier alpha value is -3.34. The van der Waals surface area contributed by atoms with Gasteiger partial charge in [0.2, 0.25) is 5.89 Å². The van der Waals surface area contributed by atoms with Crippen LogP contribution in [0.4, 0.5) is 0 Å². The largest absolute Gasteiger partial charge is 0.464 e. The SMILES string of the molecule is Cc1ccc2c(CC(=O)OCc3ncc(-c4ccccc4)o3)coc2c1. The molecule has 4 rings (SSSR count). The first kappa shape index (κ1) is 16.1. The fourth-order valence-corrected chi connectivity index (χ4v) is 2.79. The van der Waals surface area contributed by atoms with Crippen molar-refractivity contribution in [3.8, 4) is 11.3 Å². The summed E-state index contributed by atoms with van der Waals surface area (Å²) in [6.07, 6.45) is 3.37. The molecule has 0 N–H and O–H groups in total. The normalized spacial score (nSPS) is 11.0. The zero-order chi connectivity index (χ0) is 17.9. The Labute approximate surface area is 150 Å². The summed E-state index contributed by atoms with van der Waals surface area (Å²) in [5, 5.41) is 0.926. The molecular weight excluding hydrogens is 330 g/mol. The average molecular weight is 347 g/mol. The van der Waals surface area contributed by atoms with Crippen LogP contribution in [-0.4, -0.2) is 11.0 Å². The van der Waals surface area contributed by atoms with Gasteiger partial charge in [0.05, 0.1) is 18.9 Å². The zero-order valence-corrected chi connectivity index (χ0v) is 14.3. The maximum atomic E-state index is 12.1. The van der Waals surface area contributed by atoms with Crippen molar-refractivity contribution in [2.24, 2.45) is 0 Å². The molecule has 0 aliphatic heterocycles. The van der Waals surface area contributed by atoms with E-state index in [-0.39, 0.29) is 19.0 Å². The van der Waals surface area contributed by atoms with Crippen molar-refractivity contribution in [2.75, 3.05) is 0 Å². The van der Waals surface area contributed by atoms with E-state index >= 15 is 0 Å². The summed E-state index contributed by atoms with van der Waals surface area (Å²) in [5.74, 6) is 0.658. The lowest BCUT2D eigenvalue weighted by Gasteiger charge is -2.01. The molecule has 0 aliphatic rings. The first-order valence-corrected chi connectivity index (χ1v) is 8.31. The smallest absolute Gasteiger partial charge is 0.310 e. The minimum Gasteiger partial charge on any atom is -0.464 e. The Morgan fingerprint density at radius 2 is 2.00 bits per heavy atom. The van der Waals surface area contributed by atoms with Gasteiger partial charge in [-0.3, -0.25) is 4.79 Å². The molecule has 0 fully saturated rings. The van der Waals surface area contributed by atoms with Gasteiger partial charge in [-0.2, -0.15) is 0 Å². The number of nitrogens with zero attached hydrogens (tertiary/aromatic N) is 1. The monoisotopic (exact) mass is 347 g/mol. The van der Waals surface area contributed by atoms with Gasteiger partial charge in [0.15, 0.2) is 12.4 Å². The fourth-order valence-electron chi connectivity index (χ4n) is 2.79. The van der Waals surface area contributed by atoms with Gasteiger partial charge in [0.25, 0.3) is 0 Å². The fraction of sp³-hybridized carbons (Fsp3) is 0.143. The second-order valence-corrected chi connectivity index (χ2v) is 6.08. The molecule has 0 atom stereocenters. The van der Waals surface area contributed by atoms with Crippen LogP contribution < -0.4 is 0 Å². The van der Waals surface area contributed by atoms with Gasteiger partial charge in [-0.1, -0.05) is 42.5 Å². The summed E-state index contributed by atoms with van der Waals surface area (Å²) < 4.78 is 16.4. The molecule has 0 amide bonds. The number of ether oxygens (including phenoxy) is 1. The number of esters is 1. The quantitative estimate of drug-likeness (QED) is 0.490. The molecule has 0 bridgehead atoms. The maximum Gasteiger partial charge on any atom is 0.310 e. The third-order valence-electron chi connectivity index (χ3n) is 4.11. The molecule has 2 aromatic carbocycles. The van der Waals surface area contributed by atoms with Gasteiger partial charge in [0.1, 0.15) is 5.58 Å². The summed E-state index contributed by atoms with van der Waals surface area (Å²) in [6, 6.07) is 15.5. The molecular formula is C21H17NO4. The van der Waals surface area contributed by atoms with Crippen LogP contribution in [0.3, 0.4) is 0 Å². The maximum absolute atomic E-state index is 12.1. The average Bonchev–Trinajstić information content (AvgIpc) is 3.28. The van der Waals surface area contributed by atoms with Crippen molar-refractivity contribution in [1.82, 2.24) is 4.98 Å². The van der Waals surface area contributed by atoms with Crippen LogP contribution in [0, 0.1) is 6.92 Å². The molecule has 5 heteroatoms. The molecule has 2 aromatic heterocycles. The zero-order valence-electron chi connectivity index (χ0n) is 14.3. The van der Waals surface area contributed by atoms with E-state index in [0.29, 0.717) is 11.7 Å². The predicted molar refractivity (Wildman–Crippen MR) is 96.4 cm³/mol. The van der Waals surface area contributed by atoms with Crippen LogP contribution in [0.1, 0.15) is 17.0 Å². The Morgan fingerprint density at radius 1 is 1.15 bits per heavy atom. The van der Waals surface area contributed by atoms with Gasteiger partial charge >= 0.3 is 5.97 Å². The number of carbonyl (C=O) groups excluding carboxylic acids is 1. The topological polar surface area (TPSA) is 65.5 Å². The molecule has 5 nitrogen and oxygen atoms in total. The van der Waals surface area contributed by atoms with Crippen LogP contribution in [0.15, 0.2) is 69.8 Å². The molecule has 130 valence electrons. The molecule has 0 radical (unpaired) electrons. The number of fused-ring (bicyclic) bond motifs is 1. The Bertz CT molecular complexity index is 1050. The molecule has 0 spiro atoms. The summed E-state index contributed by atoms with van der Waals surface area (Å²) in [6.45, 7) is 2.00. The number of carbonyl (C=O) groups is 1. The van der Waals surface area contributed by atoms with E-state index < -0.39 is 0 Å². The van der Waals surface area contributed by atoms with E-state index in [2.05, 4.69) is 4.98 Å². The first-order chi connectivity index (χ1) is 12.7. The molecule has 4 aromatic rings. The van der Waals surface area contributed by atoms with Crippen LogP contribution in [0.2, 0.25) is 0 Å². The lowest BCUT2D eigenvalue weighted by atomic mass is 10.1. The van der Waals surface area contributed by atoms with Crippen LogP contribution in [0.25, 0.3) is 22.3 Å². The van der Waals surface area contributed by atoms with E-state index in [1.165, 1.54) is 0 Å². The van der Waals surface area contributed by atoms with Gasteiger partial charge in [-0.05, 0) is 18.6 Å². The van der Waals surface area contributed by atoms with Gasteiger partial charge in [-0.15, -0.1) is 0 Å². The molecule has 0 saturated carbocycles. The number of furan rings is 1. The van der Waals surface area contributed by atoms with Crippen LogP contribution >= 0.6 is 0 Å². The van der Waals surface area contributed by atoms with Crippen molar-refractivity contribution < 1.29 is 18.4 Å². The molecule has 0 unspecified atom stereocenters. The van der Waals surface area contributed by atoms with Gasteiger partial charge < -0.3 is 13.6 Å². The Balaban J connectivity index is 1.39. The Kier molecular flexibility index (Phi) is 4.27. The molecule has 2 heterocycles. The highest BCUT2D eigenvalue weighted by molar-refractivity contribution is 5.86. The standard InChI is InChI=1S/C21H17NO4/c1-14-7-8-17-16(12-24-18(17)9-14)10-21(23)25-13-20-22-11-19(26-20)15-5-3-2-4-6-15/h2-9,11-12H,10,13H2,1H3. The third kappa shape index (κ3) is 3.37. The van der Waals surface area contributed by atoms with E-state index in [9.17, 15) is 4.79 Å². The van der Waals surface area contributed by atoms with Crippen LogP contribution in [0.5, 0.6) is 0 Å². The highest BCUT2D eigenvalue weighted by atomic mass is 16.5. The van der Waals surface area contributed by atoms with Gasteiger partial charge in [-0.25, -0.2) is 4.98 Å². The number of oxazole rings is 1. The summed E-state index contributed by atoms with van der Waals surface area (Å²) in [7, 11) is 0. The minimum absolute atomic E-state index is 0.000555. The van der Waals surface area contributed by atoms with Gasteiger partial charge in [0, 0.05) is 16.5 Å². The highest BCUT2D eigenvalue weighted by Crippen LogP contribution is 2.23. The molecule has 26 heavy (non-hydrogen) atoms. The second-order valence-electron chi connectivity index (χ2n) is 6.08. The van der Waals surface area contributed by atoms with E-state index in [0.717, 1.165) is 27.7 Å². The number of hydrogen-bond donors (Lipinski definition) is 0. The molecule has 0 aliphatic carbocycles. The number of rotatable bonds is 5. The van der Waals surface area contributed by atoms with Crippen molar-refractivity contribution in [2.45, 2.75) is 20.0 Å². The van der Waals surface area contributed by atoms with Crippen molar-refractivity contribution >= 4 is 16.9 Å². The predicted octanol–water partition coefficient (Wildman–Crippen LogP) is 4.68. The summed E-state index contributed by atoms with van der Waals surface area (Å²) >= 11 is 0. The number of hydrogen-bond acceptors (Lipinski definition) is 5. The number of aromatic nitrogens is 1. The van der Waals surface area contributed by atoms with Crippen molar-refractivity contribution in [1.29, 1.82) is 0 Å². The summed E-state index contributed by atoms with van der Waals surface area (Å²) in [4.78, 5) is 16.3. The summed E-state index contributed by atoms with van der Waals surface area (Å²) in [5.41, 5.74) is 3.62. The second kappa shape index (κ2) is 6.88. The van der Waals surface area contributed by atoms with E-state index in [4.69, 9.17) is 13.6 Å². The first-order valence-electron chi connectivity index (χ1n) is 8.31. The Morgan fingerprint density at radius 3 is 2.85 bits per heavy atom. The lowest BCUT2D eigenvalue weighted by Crippen LogP contribution is -2.07. The van der Waals surface area contributed by atoms with Crippen molar-refractivity contribution in [3.63, 3.8) is 0 Å². The van der Waals surface area contributed by atoms with Crippen molar-refractivity contribution in [3.05, 3.63) is 78.0 Å². The molecule has 0 saturated heterocycles. The number of benzene rings is 2. The van der Waals surface area contributed by atoms with Crippen LogP contribution in [-0.2, 0) is 22.6 Å². The van der Waals surface area contributed by atoms with E-state index in [1.807, 2.05) is 55.5 Å².